The molecule has 0 spiro atoms. The first-order valence-electron chi connectivity index (χ1n) is 9.63. The lowest BCUT2D eigenvalue weighted by Crippen LogP contribution is -2.53. The van der Waals surface area contributed by atoms with Gasteiger partial charge in [-0.15, -0.1) is 0 Å². The van der Waals surface area contributed by atoms with Crippen LogP contribution in [0, 0.1) is 5.41 Å². The highest BCUT2D eigenvalue weighted by Gasteiger charge is 2.49. The molecule has 0 unspecified atom stereocenters. The normalized spacial score (nSPS) is 32.4. The van der Waals surface area contributed by atoms with Crippen molar-refractivity contribution in [3.05, 3.63) is 41.5 Å². The Balaban J connectivity index is 1.80. The van der Waals surface area contributed by atoms with E-state index in [0.717, 1.165) is 5.90 Å². The predicted octanol–water partition coefficient (Wildman–Crippen LogP) is 4.28. The topological polar surface area (TPSA) is 24.8 Å². The van der Waals surface area contributed by atoms with Gasteiger partial charge in [0.05, 0.1) is 11.5 Å². The molecule has 3 heteroatoms. The van der Waals surface area contributed by atoms with Crippen molar-refractivity contribution in [3.63, 3.8) is 0 Å². The second-order valence-electron chi connectivity index (χ2n) is 8.96. The van der Waals surface area contributed by atoms with Gasteiger partial charge in [-0.2, -0.15) is 0 Å². The Bertz CT molecular complexity index is 709. The number of rotatable bonds is 2. The summed E-state index contributed by atoms with van der Waals surface area (Å²) in [7, 11) is 0. The van der Waals surface area contributed by atoms with Gasteiger partial charge in [-0.1, -0.05) is 57.2 Å². The first-order valence-corrected chi connectivity index (χ1v) is 9.63. The van der Waals surface area contributed by atoms with Crippen LogP contribution in [0.15, 0.2) is 35.3 Å². The van der Waals surface area contributed by atoms with E-state index in [1.807, 2.05) is 0 Å². The largest absolute Gasteiger partial charge is 0.478 e. The summed E-state index contributed by atoms with van der Waals surface area (Å²) in [5, 5.41) is 0. The van der Waals surface area contributed by atoms with Gasteiger partial charge in [0.2, 0.25) is 0 Å². The van der Waals surface area contributed by atoms with Crippen molar-refractivity contribution in [3.8, 4) is 0 Å². The van der Waals surface area contributed by atoms with E-state index in [1.54, 1.807) is 0 Å². The van der Waals surface area contributed by atoms with E-state index in [1.165, 1.54) is 37.1 Å². The summed E-state index contributed by atoms with van der Waals surface area (Å²) < 4.78 is 6.27. The average molecular weight is 338 g/mol. The molecule has 3 atom stereocenters. The number of hydrogen-bond acceptors (Lipinski definition) is 3. The van der Waals surface area contributed by atoms with Crippen molar-refractivity contribution in [2.45, 2.75) is 58.0 Å². The summed E-state index contributed by atoms with van der Waals surface area (Å²) in [6.07, 6.45) is 7.25. The molecule has 3 nitrogen and oxygen atoms in total. The lowest BCUT2D eigenvalue weighted by molar-refractivity contribution is 0.192. The second kappa shape index (κ2) is 5.98. The lowest BCUT2D eigenvalue weighted by Gasteiger charge is -2.43. The van der Waals surface area contributed by atoms with Gasteiger partial charge in [0.1, 0.15) is 6.61 Å². The molecule has 2 heterocycles. The maximum Gasteiger partial charge on any atom is 0.196 e. The van der Waals surface area contributed by atoms with E-state index in [2.05, 4.69) is 69.0 Å². The van der Waals surface area contributed by atoms with Crippen molar-refractivity contribution in [2.75, 3.05) is 19.7 Å². The molecule has 0 saturated carbocycles. The fourth-order valence-electron chi connectivity index (χ4n) is 4.51. The molecule has 0 bridgehead atoms. The molecule has 1 saturated heterocycles. The van der Waals surface area contributed by atoms with Crippen LogP contribution in [0.1, 0.15) is 51.7 Å². The third kappa shape index (κ3) is 2.73. The Labute approximate surface area is 151 Å². The maximum atomic E-state index is 6.27. The SMILES string of the molecule is CC(C)(C)[C@H]1COC([C@]2(C)c3ccccc3C=C[C@@H]2N2CCCC2)=N1. The molecule has 1 fully saturated rings. The molecular formula is C22H30N2O. The quantitative estimate of drug-likeness (QED) is 0.804. The van der Waals surface area contributed by atoms with E-state index in [9.17, 15) is 0 Å². The van der Waals surface area contributed by atoms with Crippen LogP contribution in [0.3, 0.4) is 0 Å². The molecule has 0 radical (unpaired) electrons. The molecule has 0 amide bonds. The van der Waals surface area contributed by atoms with Crippen molar-refractivity contribution in [1.29, 1.82) is 0 Å². The maximum absolute atomic E-state index is 6.27. The van der Waals surface area contributed by atoms with Gasteiger partial charge < -0.3 is 4.74 Å². The molecule has 1 aliphatic carbocycles. The number of benzene rings is 1. The smallest absolute Gasteiger partial charge is 0.196 e. The third-order valence-electron chi connectivity index (χ3n) is 6.20. The zero-order chi connectivity index (χ0) is 17.7. The molecule has 4 rings (SSSR count). The Kier molecular flexibility index (Phi) is 4.03. The van der Waals surface area contributed by atoms with E-state index in [0.29, 0.717) is 12.6 Å². The van der Waals surface area contributed by atoms with Crippen LogP contribution in [0.2, 0.25) is 0 Å². The summed E-state index contributed by atoms with van der Waals surface area (Å²) in [5.74, 6) is 0.932. The second-order valence-corrected chi connectivity index (χ2v) is 8.96. The highest BCUT2D eigenvalue weighted by atomic mass is 16.5. The molecule has 25 heavy (non-hydrogen) atoms. The van der Waals surface area contributed by atoms with Gasteiger partial charge in [0, 0.05) is 6.04 Å². The summed E-state index contributed by atoms with van der Waals surface area (Å²) >= 11 is 0. The van der Waals surface area contributed by atoms with Gasteiger partial charge >= 0.3 is 0 Å². The monoisotopic (exact) mass is 338 g/mol. The summed E-state index contributed by atoms with van der Waals surface area (Å²) in [4.78, 5) is 7.72. The zero-order valence-corrected chi connectivity index (χ0v) is 16.0. The fourth-order valence-corrected chi connectivity index (χ4v) is 4.51. The molecule has 1 aromatic carbocycles. The van der Waals surface area contributed by atoms with E-state index in [4.69, 9.17) is 9.73 Å². The van der Waals surface area contributed by atoms with Gasteiger partial charge in [-0.25, -0.2) is 4.99 Å². The summed E-state index contributed by atoms with van der Waals surface area (Å²) in [6, 6.07) is 9.29. The van der Waals surface area contributed by atoms with Crippen LogP contribution in [0.4, 0.5) is 0 Å². The van der Waals surface area contributed by atoms with Gasteiger partial charge in [-0.05, 0) is 49.4 Å². The minimum absolute atomic E-state index is 0.130. The predicted molar refractivity (Wildman–Crippen MR) is 104 cm³/mol. The fraction of sp³-hybridized carbons (Fsp3) is 0.591. The van der Waals surface area contributed by atoms with Gasteiger partial charge in [0.25, 0.3) is 0 Å². The molecule has 2 aliphatic heterocycles. The molecule has 0 N–H and O–H groups in total. The molecule has 1 aromatic rings. The number of likely N-dealkylation sites (tertiary alicyclic amines) is 1. The van der Waals surface area contributed by atoms with E-state index in [-0.39, 0.29) is 16.9 Å². The number of nitrogens with zero attached hydrogens (tertiary/aromatic N) is 2. The minimum Gasteiger partial charge on any atom is -0.478 e. The van der Waals surface area contributed by atoms with Crippen molar-refractivity contribution >= 4 is 12.0 Å². The van der Waals surface area contributed by atoms with Crippen LogP contribution in [0.5, 0.6) is 0 Å². The first kappa shape index (κ1) is 16.8. The Morgan fingerprint density at radius 1 is 1.16 bits per heavy atom. The highest BCUT2D eigenvalue weighted by Crippen LogP contribution is 2.43. The number of fused-ring (bicyclic) bond motifs is 1. The van der Waals surface area contributed by atoms with Gasteiger partial charge in [-0.3, -0.25) is 4.90 Å². The van der Waals surface area contributed by atoms with Crippen molar-refractivity contribution < 1.29 is 4.74 Å². The number of ether oxygens (including phenoxy) is 1. The van der Waals surface area contributed by atoms with Crippen LogP contribution >= 0.6 is 0 Å². The Hall–Kier alpha value is -1.61. The minimum atomic E-state index is -0.213. The van der Waals surface area contributed by atoms with Crippen LogP contribution in [-0.2, 0) is 10.2 Å². The van der Waals surface area contributed by atoms with Crippen LogP contribution in [-0.4, -0.2) is 42.6 Å². The van der Waals surface area contributed by atoms with Gasteiger partial charge in [0.15, 0.2) is 5.90 Å². The van der Waals surface area contributed by atoms with Crippen LogP contribution < -0.4 is 0 Å². The Morgan fingerprint density at radius 2 is 1.88 bits per heavy atom. The standard InChI is InChI=1S/C22H30N2O/c1-21(2,3)18-15-25-20(23-18)22(4)17-10-6-5-9-16(17)11-12-19(22)24-13-7-8-14-24/h5-6,9-12,18-19H,7-8,13-15H2,1-4H3/t18-,19+,22-/m1/s1. The highest BCUT2D eigenvalue weighted by molar-refractivity contribution is 5.93. The van der Waals surface area contributed by atoms with Crippen molar-refractivity contribution in [2.24, 2.45) is 10.4 Å². The summed E-state index contributed by atoms with van der Waals surface area (Å²) in [5.41, 5.74) is 2.56. The first-order chi connectivity index (χ1) is 11.9. The lowest BCUT2D eigenvalue weighted by atomic mass is 9.70. The number of hydrogen-bond donors (Lipinski definition) is 0. The molecule has 3 aliphatic rings. The van der Waals surface area contributed by atoms with E-state index < -0.39 is 0 Å². The summed E-state index contributed by atoms with van der Waals surface area (Å²) in [6.45, 7) is 12.1. The molecular weight excluding hydrogens is 308 g/mol. The Morgan fingerprint density at radius 3 is 2.56 bits per heavy atom. The third-order valence-corrected chi connectivity index (χ3v) is 6.20. The number of aliphatic imine (C=N–C) groups is 1. The molecule has 134 valence electrons. The van der Waals surface area contributed by atoms with Crippen LogP contribution in [0.25, 0.3) is 6.08 Å². The van der Waals surface area contributed by atoms with E-state index >= 15 is 0 Å². The average Bonchev–Trinajstić information content (AvgIpc) is 3.27. The van der Waals surface area contributed by atoms with Crippen molar-refractivity contribution in [1.82, 2.24) is 4.90 Å². The molecule has 0 aromatic heterocycles. The zero-order valence-electron chi connectivity index (χ0n) is 16.0.